The molecule has 1 aliphatic heterocycles. The van der Waals surface area contributed by atoms with Crippen molar-refractivity contribution in [1.82, 2.24) is 29.3 Å². The summed E-state index contributed by atoms with van der Waals surface area (Å²) in [6, 6.07) is 14.8. The Morgan fingerprint density at radius 1 is 0.925 bits per heavy atom. The normalized spacial score (nSPS) is 18.2. The maximum atomic E-state index is 6.82. The summed E-state index contributed by atoms with van der Waals surface area (Å²) >= 11 is 8.36. The molecule has 1 atom stereocenters. The van der Waals surface area contributed by atoms with E-state index in [0.29, 0.717) is 16.4 Å². The topological polar surface area (TPSA) is 98.1 Å². The first-order valence-electron chi connectivity index (χ1n) is 13.4. The molecule has 1 aliphatic carbocycles. The van der Waals surface area contributed by atoms with Crippen LogP contribution in [0.1, 0.15) is 30.0 Å². The van der Waals surface area contributed by atoms with Crippen molar-refractivity contribution in [1.29, 1.82) is 0 Å². The Kier molecular flexibility index (Phi) is 5.48. The Bertz CT molecular complexity index is 1870. The van der Waals surface area contributed by atoms with Gasteiger partial charge in [-0.1, -0.05) is 47.6 Å². The molecule has 1 fully saturated rings. The first kappa shape index (κ1) is 24.0. The lowest BCUT2D eigenvalue weighted by molar-refractivity contribution is 0.187. The van der Waals surface area contributed by atoms with Gasteiger partial charge in [0, 0.05) is 42.6 Å². The van der Waals surface area contributed by atoms with Gasteiger partial charge < -0.3 is 10.6 Å². The number of fused-ring (bicyclic) bond motifs is 1. The highest BCUT2D eigenvalue weighted by Crippen LogP contribution is 2.51. The summed E-state index contributed by atoms with van der Waals surface area (Å²) in [6.45, 7) is 1.86. The van der Waals surface area contributed by atoms with Gasteiger partial charge in [-0.15, -0.1) is 0 Å². The lowest BCUT2D eigenvalue weighted by Crippen LogP contribution is -2.44. The molecular weight excluding hydrogens is 540 g/mol. The van der Waals surface area contributed by atoms with Crippen molar-refractivity contribution in [2.24, 2.45) is 11.1 Å². The lowest BCUT2D eigenvalue weighted by atomic mass is 9.73. The van der Waals surface area contributed by atoms with Gasteiger partial charge in [-0.3, -0.25) is 19.4 Å². The second-order valence-corrected chi connectivity index (χ2v) is 12.1. The molecule has 10 heteroatoms. The van der Waals surface area contributed by atoms with Crippen LogP contribution in [0.25, 0.3) is 28.2 Å². The highest BCUT2D eigenvalue weighted by molar-refractivity contribution is 7.99. The second kappa shape index (κ2) is 9.12. The van der Waals surface area contributed by atoms with Gasteiger partial charge in [-0.05, 0) is 54.0 Å². The van der Waals surface area contributed by atoms with Crippen molar-refractivity contribution in [3.05, 3.63) is 89.6 Å². The van der Waals surface area contributed by atoms with Crippen LogP contribution in [0, 0.1) is 5.41 Å². The van der Waals surface area contributed by atoms with Crippen molar-refractivity contribution in [3.8, 4) is 11.4 Å². The van der Waals surface area contributed by atoms with Crippen LogP contribution in [0.4, 0.5) is 5.82 Å². The van der Waals surface area contributed by atoms with Gasteiger partial charge >= 0.3 is 0 Å². The van der Waals surface area contributed by atoms with Gasteiger partial charge in [-0.2, -0.15) is 0 Å². The highest BCUT2D eigenvalue weighted by Gasteiger charge is 2.46. The van der Waals surface area contributed by atoms with Gasteiger partial charge in [0.05, 0.1) is 22.3 Å². The highest BCUT2D eigenvalue weighted by atomic mass is 35.5. The third kappa shape index (κ3) is 3.61. The summed E-state index contributed by atoms with van der Waals surface area (Å²) in [5.74, 6) is 0.996. The molecule has 2 N–H and O–H groups in total. The predicted octanol–water partition coefficient (Wildman–Crippen LogP) is 5.82. The minimum Gasteiger partial charge on any atom is -0.355 e. The number of imidazole rings is 2. The van der Waals surface area contributed by atoms with Gasteiger partial charge in [0.25, 0.3) is 0 Å². The Hall–Kier alpha value is -3.79. The standard InChI is InChI=1S/C30H25ClN8S/c31-25-22(7-10-35-26(25)20-16-33-11-12-34-20)40-23-5-6-24-37-28(21-17-36-29(23)39(21)24)38-13-8-30(9-14-38)15-18-3-1-2-4-19(18)27(30)32/h1-7,10-12,16-17,27H,8-9,13-15,32H2/t27-/m1/s1. The number of nitrogens with zero attached hydrogens (tertiary/aromatic N) is 7. The van der Waals surface area contributed by atoms with Crippen LogP contribution in [0.2, 0.25) is 5.02 Å². The number of aromatic nitrogens is 6. The Balaban J connectivity index is 1.08. The van der Waals surface area contributed by atoms with Crippen molar-refractivity contribution in [2.75, 3.05) is 18.0 Å². The molecule has 6 aromatic rings. The fourth-order valence-corrected chi connectivity index (χ4v) is 7.72. The summed E-state index contributed by atoms with van der Waals surface area (Å²) < 4.78 is 2.15. The molecule has 8 nitrogen and oxygen atoms in total. The van der Waals surface area contributed by atoms with Crippen LogP contribution >= 0.6 is 23.4 Å². The maximum Gasteiger partial charge on any atom is 0.157 e. The van der Waals surface area contributed by atoms with E-state index >= 15 is 0 Å². The molecule has 40 heavy (non-hydrogen) atoms. The van der Waals surface area contributed by atoms with E-state index in [0.717, 1.165) is 64.8 Å². The molecule has 2 aliphatic rings. The van der Waals surface area contributed by atoms with E-state index in [1.807, 2.05) is 12.3 Å². The molecule has 1 aromatic carbocycles. The number of hydrogen-bond donors (Lipinski definition) is 1. The van der Waals surface area contributed by atoms with Gasteiger partial charge in [0.1, 0.15) is 22.6 Å². The average Bonchev–Trinajstić information content (AvgIpc) is 3.67. The number of pyridine rings is 2. The Labute approximate surface area is 240 Å². The molecule has 0 bridgehead atoms. The summed E-state index contributed by atoms with van der Waals surface area (Å²) in [6.07, 6.45) is 11.8. The second-order valence-electron chi connectivity index (χ2n) is 10.7. The molecule has 6 heterocycles. The van der Waals surface area contributed by atoms with E-state index < -0.39 is 0 Å². The van der Waals surface area contributed by atoms with E-state index in [9.17, 15) is 0 Å². The average molecular weight is 565 g/mol. The molecule has 198 valence electrons. The fraction of sp³-hybridized carbons (Fsp3) is 0.233. The Morgan fingerprint density at radius 2 is 1.80 bits per heavy atom. The van der Waals surface area contributed by atoms with Gasteiger partial charge in [-0.25, -0.2) is 9.97 Å². The van der Waals surface area contributed by atoms with Crippen molar-refractivity contribution >= 4 is 46.0 Å². The fourth-order valence-electron chi connectivity index (χ4n) is 6.47. The van der Waals surface area contributed by atoms with Crippen molar-refractivity contribution < 1.29 is 0 Å². The monoisotopic (exact) mass is 564 g/mol. The quantitative estimate of drug-likeness (QED) is 0.286. The summed E-state index contributed by atoms with van der Waals surface area (Å²) in [7, 11) is 0. The summed E-state index contributed by atoms with van der Waals surface area (Å²) in [5.41, 5.74) is 13.7. The molecule has 0 radical (unpaired) electrons. The van der Waals surface area contributed by atoms with Gasteiger partial charge in [0.15, 0.2) is 11.5 Å². The third-order valence-corrected chi connectivity index (χ3v) is 10.2. The smallest absolute Gasteiger partial charge is 0.157 e. The van der Waals surface area contributed by atoms with Gasteiger partial charge in [0.2, 0.25) is 0 Å². The van der Waals surface area contributed by atoms with Crippen LogP contribution in [0.5, 0.6) is 0 Å². The molecule has 1 saturated heterocycles. The first-order valence-corrected chi connectivity index (χ1v) is 14.6. The number of nitrogens with two attached hydrogens (primary N) is 1. The predicted molar refractivity (Wildman–Crippen MR) is 157 cm³/mol. The Morgan fingerprint density at radius 3 is 2.62 bits per heavy atom. The van der Waals surface area contributed by atoms with E-state index in [1.54, 1.807) is 36.5 Å². The number of rotatable bonds is 4. The summed E-state index contributed by atoms with van der Waals surface area (Å²) in [5, 5.41) is 0.545. The molecule has 0 unspecified atom stereocenters. The van der Waals surface area contributed by atoms with Crippen molar-refractivity contribution in [2.45, 2.75) is 35.1 Å². The number of halogens is 1. The van der Waals surface area contributed by atoms with Crippen molar-refractivity contribution in [3.63, 3.8) is 0 Å². The zero-order valence-electron chi connectivity index (χ0n) is 21.5. The summed E-state index contributed by atoms with van der Waals surface area (Å²) in [4.78, 5) is 27.1. The number of anilines is 1. The van der Waals surface area contributed by atoms with E-state index in [4.69, 9.17) is 27.3 Å². The molecule has 1 spiro atoms. The molecule has 0 saturated carbocycles. The van der Waals surface area contributed by atoms with Crippen LogP contribution in [0.15, 0.2) is 83.2 Å². The van der Waals surface area contributed by atoms with Crippen LogP contribution in [0.3, 0.4) is 0 Å². The largest absolute Gasteiger partial charge is 0.355 e. The number of hydrogen-bond acceptors (Lipinski definition) is 8. The zero-order chi connectivity index (χ0) is 26.8. The number of piperidine rings is 1. The molecule has 8 rings (SSSR count). The van der Waals surface area contributed by atoms with Crippen LogP contribution < -0.4 is 10.6 Å². The molecule has 0 amide bonds. The molecule has 5 aromatic heterocycles. The van der Waals surface area contributed by atoms with Crippen LogP contribution in [-0.2, 0) is 6.42 Å². The number of benzene rings is 1. The zero-order valence-corrected chi connectivity index (χ0v) is 23.1. The van der Waals surface area contributed by atoms with Crippen LogP contribution in [-0.4, -0.2) is 42.4 Å². The van der Waals surface area contributed by atoms with E-state index in [2.05, 4.69) is 60.7 Å². The third-order valence-electron chi connectivity index (χ3n) is 8.58. The minimum absolute atomic E-state index is 0.101. The SMILES string of the molecule is N[C@@H]1c2ccccc2CC12CCN(c1nc3ccc(Sc4ccnc(-c5cnccn5)c4Cl)c4ncc1n34)CC2. The lowest BCUT2D eigenvalue weighted by Gasteiger charge is -2.42. The van der Waals surface area contributed by atoms with E-state index in [1.165, 1.54) is 11.1 Å². The first-order chi connectivity index (χ1) is 19.6. The minimum atomic E-state index is 0.101. The molecular formula is C30H25ClN8S. The van der Waals surface area contributed by atoms with E-state index in [-0.39, 0.29) is 11.5 Å². The maximum absolute atomic E-state index is 6.82.